The van der Waals surface area contributed by atoms with Crippen molar-refractivity contribution in [1.29, 1.82) is 0 Å². The van der Waals surface area contributed by atoms with Crippen LogP contribution in [-0.2, 0) is 0 Å². The van der Waals surface area contributed by atoms with Crippen molar-refractivity contribution in [3.8, 4) is 33.6 Å². The molecule has 0 aliphatic heterocycles. The molecule has 48 heavy (non-hydrogen) atoms. The van der Waals surface area contributed by atoms with E-state index in [0.29, 0.717) is 11.4 Å². The summed E-state index contributed by atoms with van der Waals surface area (Å²) in [6.07, 6.45) is 0. The van der Waals surface area contributed by atoms with Gasteiger partial charge in [0.25, 0.3) is 0 Å². The van der Waals surface area contributed by atoms with E-state index in [-0.39, 0.29) is 0 Å². The Morgan fingerprint density at radius 3 is 1.58 bits per heavy atom. The summed E-state index contributed by atoms with van der Waals surface area (Å²) in [4.78, 5) is 7.57. The monoisotopic (exact) mass is 610 g/mol. The molecule has 2 aromatic heterocycles. The minimum Gasteiger partial charge on any atom is -0.311 e. The first-order valence-electron chi connectivity index (χ1n) is 15.8. The Bertz CT molecular complexity index is 2760. The molecule has 2 heterocycles. The average molecular weight is 611 g/mol. The van der Waals surface area contributed by atoms with Crippen molar-refractivity contribution in [2.75, 3.05) is 0 Å². The minimum atomic E-state index is 0.562. The summed E-state index contributed by atoms with van der Waals surface area (Å²) >= 11 is 0. The Morgan fingerprint density at radius 1 is 0.375 bits per heavy atom. The second-order valence-corrected chi connectivity index (χ2v) is 11.9. The highest BCUT2D eigenvalue weighted by Gasteiger charge is 2.19. The third-order valence-electron chi connectivity index (χ3n) is 9.35. The van der Waals surface area contributed by atoms with Crippen LogP contribution >= 0.6 is 0 Å². The molecule has 0 aliphatic rings. The van der Waals surface area contributed by atoms with Gasteiger partial charge in [-0.3, -0.25) is 0 Å². The number of rotatable bonds is 4. The molecule has 0 N–H and O–H groups in total. The molecule has 0 unspecified atom stereocenters. The molecule has 0 bridgehead atoms. The fraction of sp³-hybridized carbons (Fsp3) is 0. The fourth-order valence-electron chi connectivity index (χ4n) is 7.27. The molecule has 0 aliphatic carbocycles. The summed E-state index contributed by atoms with van der Waals surface area (Å²) in [6.45, 7) is 15.6. The summed E-state index contributed by atoms with van der Waals surface area (Å²) in [6, 6.07) is 54.5. The zero-order valence-electron chi connectivity index (χ0n) is 25.8. The lowest BCUT2D eigenvalue weighted by Gasteiger charge is -2.18. The normalized spacial score (nSPS) is 11.3. The van der Waals surface area contributed by atoms with E-state index in [9.17, 15) is 0 Å². The summed E-state index contributed by atoms with van der Waals surface area (Å²) < 4.78 is 4.56. The van der Waals surface area contributed by atoms with Crippen LogP contribution < -0.4 is 0 Å². The molecule has 4 nitrogen and oxygen atoms in total. The fourth-order valence-corrected chi connectivity index (χ4v) is 7.27. The van der Waals surface area contributed by atoms with Gasteiger partial charge in [-0.2, -0.15) is 0 Å². The van der Waals surface area contributed by atoms with Crippen LogP contribution in [0.1, 0.15) is 0 Å². The van der Waals surface area contributed by atoms with Crippen molar-refractivity contribution < 1.29 is 0 Å². The SMILES string of the molecule is [C-]#[N+]c1ccc(-c2ccccc2-c2cccc(-n3c4ccccc4c4ccccc43)c2)c(-n2c3ccccc3c3ccc([N+]#[C-])cc32)c1. The molecular weight excluding hydrogens is 585 g/mol. The number of fused-ring (bicyclic) bond motifs is 6. The summed E-state index contributed by atoms with van der Waals surface area (Å²) in [5.74, 6) is 0. The highest BCUT2D eigenvalue weighted by atomic mass is 15.0. The Kier molecular flexibility index (Phi) is 6.22. The van der Waals surface area contributed by atoms with Crippen molar-refractivity contribution in [3.05, 3.63) is 181 Å². The lowest BCUT2D eigenvalue weighted by Crippen LogP contribution is -1.98. The van der Waals surface area contributed by atoms with Gasteiger partial charge >= 0.3 is 0 Å². The van der Waals surface area contributed by atoms with Gasteiger partial charge in [-0.15, -0.1) is 0 Å². The molecule has 0 amide bonds. The van der Waals surface area contributed by atoms with Crippen LogP contribution in [0.2, 0.25) is 0 Å². The molecule has 9 rings (SSSR count). The van der Waals surface area contributed by atoms with Crippen molar-refractivity contribution in [2.45, 2.75) is 0 Å². The second kappa shape index (κ2) is 10.9. The average Bonchev–Trinajstić information content (AvgIpc) is 3.67. The number of benzene rings is 7. The molecule has 222 valence electrons. The van der Waals surface area contributed by atoms with Gasteiger partial charge in [-0.25, -0.2) is 9.69 Å². The van der Waals surface area contributed by atoms with Gasteiger partial charge in [0, 0.05) is 44.0 Å². The summed E-state index contributed by atoms with van der Waals surface area (Å²) in [7, 11) is 0. The summed E-state index contributed by atoms with van der Waals surface area (Å²) in [5, 5.41) is 4.65. The van der Waals surface area contributed by atoms with Gasteiger partial charge in [0.05, 0.1) is 29.7 Å². The van der Waals surface area contributed by atoms with E-state index in [2.05, 4.69) is 134 Å². The Hall–Kier alpha value is -6.88. The molecule has 0 radical (unpaired) electrons. The highest BCUT2D eigenvalue weighted by Crippen LogP contribution is 2.42. The van der Waals surface area contributed by atoms with Crippen molar-refractivity contribution in [2.24, 2.45) is 0 Å². The topological polar surface area (TPSA) is 18.6 Å². The molecule has 0 spiro atoms. The van der Waals surface area contributed by atoms with E-state index in [1.165, 1.54) is 21.8 Å². The number of nitrogens with zero attached hydrogens (tertiary/aromatic N) is 4. The van der Waals surface area contributed by atoms with Gasteiger partial charge in [-0.05, 0) is 59.2 Å². The van der Waals surface area contributed by atoms with E-state index in [0.717, 1.165) is 55.4 Å². The van der Waals surface area contributed by atoms with Crippen LogP contribution in [0.15, 0.2) is 158 Å². The van der Waals surface area contributed by atoms with Crippen molar-refractivity contribution in [1.82, 2.24) is 9.13 Å². The van der Waals surface area contributed by atoms with E-state index in [4.69, 9.17) is 13.1 Å². The standard InChI is InChI=1S/C44H26N4/c1-45-30-22-24-38(43(27-30)48-42-21-10-7-18-37(42)39-25-23-31(46-2)28-44(39)48)34-15-4-3-14-33(34)29-12-11-13-32(26-29)47-40-19-8-5-16-35(40)36-17-6-9-20-41(36)47/h3-28H. The molecule has 0 atom stereocenters. The van der Waals surface area contributed by atoms with Crippen LogP contribution in [0, 0.1) is 13.1 Å². The Morgan fingerprint density at radius 2 is 0.917 bits per heavy atom. The third kappa shape index (κ3) is 4.14. The van der Waals surface area contributed by atoms with Crippen LogP contribution in [0.5, 0.6) is 0 Å². The van der Waals surface area contributed by atoms with Crippen LogP contribution in [0.4, 0.5) is 11.4 Å². The van der Waals surface area contributed by atoms with Gasteiger partial charge in [-0.1, -0.05) is 115 Å². The molecule has 4 heteroatoms. The lowest BCUT2D eigenvalue weighted by molar-refractivity contribution is 1.18. The first-order valence-corrected chi connectivity index (χ1v) is 15.8. The van der Waals surface area contributed by atoms with Crippen molar-refractivity contribution >= 4 is 55.0 Å². The van der Waals surface area contributed by atoms with E-state index in [1.807, 2.05) is 42.5 Å². The summed E-state index contributed by atoms with van der Waals surface area (Å²) in [5.41, 5.74) is 11.7. The number of hydrogen-bond donors (Lipinski definition) is 0. The maximum absolute atomic E-state index is 7.89. The maximum Gasteiger partial charge on any atom is 0.189 e. The van der Waals surface area contributed by atoms with Crippen LogP contribution in [-0.4, -0.2) is 9.13 Å². The van der Waals surface area contributed by atoms with Crippen LogP contribution in [0.25, 0.3) is 86.9 Å². The van der Waals surface area contributed by atoms with Crippen molar-refractivity contribution in [3.63, 3.8) is 0 Å². The zero-order valence-corrected chi connectivity index (χ0v) is 25.8. The number of para-hydroxylation sites is 3. The molecular formula is C44H26N4. The van der Waals surface area contributed by atoms with Gasteiger partial charge < -0.3 is 9.13 Å². The first-order chi connectivity index (χ1) is 23.7. The second-order valence-electron chi connectivity index (χ2n) is 11.9. The molecule has 0 fully saturated rings. The molecule has 0 saturated carbocycles. The highest BCUT2D eigenvalue weighted by molar-refractivity contribution is 6.11. The van der Waals surface area contributed by atoms with Crippen LogP contribution in [0.3, 0.4) is 0 Å². The smallest absolute Gasteiger partial charge is 0.189 e. The largest absolute Gasteiger partial charge is 0.311 e. The van der Waals surface area contributed by atoms with E-state index >= 15 is 0 Å². The maximum atomic E-state index is 7.89. The third-order valence-corrected chi connectivity index (χ3v) is 9.35. The van der Waals surface area contributed by atoms with Gasteiger partial charge in [0.1, 0.15) is 0 Å². The molecule has 9 aromatic rings. The number of hydrogen-bond acceptors (Lipinski definition) is 0. The molecule has 7 aromatic carbocycles. The Labute approximate surface area is 277 Å². The van der Waals surface area contributed by atoms with Gasteiger partial charge in [0.15, 0.2) is 11.4 Å². The first kappa shape index (κ1) is 27.4. The zero-order chi connectivity index (χ0) is 32.2. The Balaban J connectivity index is 1.29. The van der Waals surface area contributed by atoms with E-state index < -0.39 is 0 Å². The predicted octanol–water partition coefficient (Wildman–Crippen LogP) is 12.3. The van der Waals surface area contributed by atoms with Gasteiger partial charge in [0.2, 0.25) is 0 Å². The lowest BCUT2D eigenvalue weighted by atomic mass is 9.93. The quantitative estimate of drug-likeness (QED) is 0.177. The minimum absolute atomic E-state index is 0.562. The predicted molar refractivity (Wildman–Crippen MR) is 199 cm³/mol. The van der Waals surface area contributed by atoms with E-state index in [1.54, 1.807) is 0 Å². The number of aromatic nitrogens is 2. The molecule has 0 saturated heterocycles.